The molecule has 1 aliphatic heterocycles. The van der Waals surface area contributed by atoms with Gasteiger partial charge < -0.3 is 14.2 Å². The van der Waals surface area contributed by atoms with Crippen LogP contribution in [0.5, 0.6) is 11.5 Å². The smallest absolute Gasteiger partial charge is 0.338 e. The Morgan fingerprint density at radius 3 is 2.40 bits per heavy atom. The van der Waals surface area contributed by atoms with Gasteiger partial charge in [-0.3, -0.25) is 9.36 Å². The van der Waals surface area contributed by atoms with E-state index in [0.717, 1.165) is 16.7 Å². The molecule has 0 spiro atoms. The number of hydrogen-bond acceptors (Lipinski definition) is 7. The van der Waals surface area contributed by atoms with Gasteiger partial charge in [-0.1, -0.05) is 104 Å². The number of rotatable bonds is 10. The number of nitrogens with zero attached hydrogens (tertiary/aromatic N) is 2. The number of hydrogen-bond donors (Lipinski definition) is 0. The van der Waals surface area contributed by atoms with Crippen molar-refractivity contribution >= 4 is 29.1 Å². The third kappa shape index (κ3) is 6.59. The number of thiazole rings is 1. The fraction of sp³-hybridized carbons (Fsp3) is 0.205. The Morgan fingerprint density at radius 2 is 1.71 bits per heavy atom. The number of halogens is 1. The second kappa shape index (κ2) is 14.2. The molecule has 0 radical (unpaired) electrons. The van der Waals surface area contributed by atoms with Crippen LogP contribution in [0.1, 0.15) is 60.5 Å². The standard InChI is InChI=1S/C39H35FN2O5S/c1-5-46-38(44)34-35(27-11-7-6-8-12-27)41-39-42(36(34)28-18-16-26(17-19-28)24(2)3)37(43)33(48-39)22-25-15-20-31(32(21-25)45-4)47-23-29-13-9-10-14-30(29)40/h6-22,24,36H,5,23H2,1-4H3/b33-22-/t36-/m1/s1. The molecular formula is C39H35FN2O5S. The first-order valence-electron chi connectivity index (χ1n) is 15.7. The van der Waals surface area contributed by atoms with Crippen molar-refractivity contribution < 1.29 is 23.4 Å². The Morgan fingerprint density at radius 1 is 0.979 bits per heavy atom. The first-order chi connectivity index (χ1) is 23.3. The van der Waals surface area contributed by atoms with Gasteiger partial charge in [-0.25, -0.2) is 14.2 Å². The molecule has 48 heavy (non-hydrogen) atoms. The van der Waals surface area contributed by atoms with E-state index in [1.54, 1.807) is 54.0 Å². The van der Waals surface area contributed by atoms with Gasteiger partial charge in [0.25, 0.3) is 5.56 Å². The zero-order chi connectivity index (χ0) is 33.8. The van der Waals surface area contributed by atoms with Crippen LogP contribution in [0.15, 0.2) is 112 Å². The zero-order valence-electron chi connectivity index (χ0n) is 27.1. The monoisotopic (exact) mass is 662 g/mol. The van der Waals surface area contributed by atoms with Gasteiger partial charge in [0.1, 0.15) is 12.4 Å². The van der Waals surface area contributed by atoms with Crippen LogP contribution in [0.3, 0.4) is 0 Å². The molecule has 5 aromatic rings. The van der Waals surface area contributed by atoms with Crippen LogP contribution in [-0.2, 0) is 16.1 Å². The van der Waals surface area contributed by atoms with Crippen molar-refractivity contribution in [3.8, 4) is 11.5 Å². The minimum Gasteiger partial charge on any atom is -0.493 e. The fourth-order valence-corrected chi connectivity index (χ4v) is 6.64. The fourth-order valence-electron chi connectivity index (χ4n) is 5.63. The second-order valence-corrected chi connectivity index (χ2v) is 12.6. The molecule has 0 saturated carbocycles. The van der Waals surface area contributed by atoms with Crippen molar-refractivity contribution in [1.29, 1.82) is 0 Å². The molecule has 0 saturated heterocycles. The van der Waals surface area contributed by atoms with E-state index in [2.05, 4.69) is 13.8 Å². The summed E-state index contributed by atoms with van der Waals surface area (Å²) in [5.74, 6) is 0.319. The van der Waals surface area contributed by atoms with Crippen LogP contribution in [0.4, 0.5) is 4.39 Å². The highest BCUT2D eigenvalue weighted by Gasteiger charge is 2.35. The van der Waals surface area contributed by atoms with Crippen molar-refractivity contribution in [2.75, 3.05) is 13.7 Å². The van der Waals surface area contributed by atoms with Gasteiger partial charge in [0.05, 0.1) is 35.6 Å². The van der Waals surface area contributed by atoms with E-state index >= 15 is 0 Å². The summed E-state index contributed by atoms with van der Waals surface area (Å²) in [5.41, 5.74) is 4.27. The molecule has 1 aliphatic rings. The molecule has 6 rings (SSSR count). The first-order valence-corrected chi connectivity index (χ1v) is 16.5. The molecule has 1 aromatic heterocycles. The van der Waals surface area contributed by atoms with E-state index in [1.807, 2.05) is 54.6 Å². The van der Waals surface area contributed by atoms with Crippen LogP contribution in [-0.4, -0.2) is 24.3 Å². The van der Waals surface area contributed by atoms with Crippen LogP contribution in [0.2, 0.25) is 0 Å². The molecule has 0 amide bonds. The molecule has 0 unspecified atom stereocenters. The molecule has 9 heteroatoms. The summed E-state index contributed by atoms with van der Waals surface area (Å²) in [6.07, 6.45) is 1.77. The van der Waals surface area contributed by atoms with E-state index in [-0.39, 0.29) is 24.6 Å². The highest BCUT2D eigenvalue weighted by Crippen LogP contribution is 2.36. The lowest BCUT2D eigenvalue weighted by Gasteiger charge is -2.26. The van der Waals surface area contributed by atoms with Crippen molar-refractivity contribution in [2.45, 2.75) is 39.3 Å². The Bertz CT molecular complexity index is 2170. The largest absolute Gasteiger partial charge is 0.493 e. The number of benzene rings is 4. The van der Waals surface area contributed by atoms with E-state index in [1.165, 1.54) is 24.5 Å². The number of methoxy groups -OCH3 is 1. The van der Waals surface area contributed by atoms with E-state index in [0.29, 0.717) is 49.1 Å². The molecule has 7 nitrogen and oxygen atoms in total. The van der Waals surface area contributed by atoms with Gasteiger partial charge >= 0.3 is 5.97 Å². The maximum atomic E-state index is 14.3. The molecule has 1 atom stereocenters. The van der Waals surface area contributed by atoms with Gasteiger partial charge in [0.15, 0.2) is 16.3 Å². The van der Waals surface area contributed by atoms with E-state index < -0.39 is 12.0 Å². The maximum Gasteiger partial charge on any atom is 0.338 e. The molecule has 4 aromatic carbocycles. The highest BCUT2D eigenvalue weighted by atomic mass is 32.1. The molecule has 0 N–H and O–H groups in total. The maximum absolute atomic E-state index is 14.3. The Hall–Kier alpha value is -5.28. The van der Waals surface area contributed by atoms with Gasteiger partial charge in [-0.05, 0) is 53.8 Å². The van der Waals surface area contributed by atoms with Crippen LogP contribution in [0, 0.1) is 5.82 Å². The lowest BCUT2D eigenvalue weighted by Crippen LogP contribution is -2.40. The van der Waals surface area contributed by atoms with Gasteiger partial charge in [-0.15, -0.1) is 0 Å². The minimum absolute atomic E-state index is 0.0334. The third-order valence-electron chi connectivity index (χ3n) is 8.12. The predicted octanol–water partition coefficient (Wildman–Crippen LogP) is 6.79. The normalized spacial score (nSPS) is 14.5. The van der Waals surface area contributed by atoms with E-state index in [9.17, 15) is 14.0 Å². The summed E-state index contributed by atoms with van der Waals surface area (Å²) in [4.78, 5) is 33.4. The number of aromatic nitrogens is 1. The van der Waals surface area contributed by atoms with Crippen LogP contribution >= 0.6 is 11.3 Å². The lowest BCUT2D eigenvalue weighted by molar-refractivity contribution is -0.138. The van der Waals surface area contributed by atoms with Crippen molar-refractivity contribution in [3.63, 3.8) is 0 Å². The second-order valence-electron chi connectivity index (χ2n) is 11.5. The average molecular weight is 663 g/mol. The topological polar surface area (TPSA) is 79.1 Å². The Labute approximate surface area is 281 Å². The molecule has 0 bridgehead atoms. The number of esters is 1. The van der Waals surface area contributed by atoms with Crippen LogP contribution < -0.4 is 24.4 Å². The summed E-state index contributed by atoms with van der Waals surface area (Å²) in [5, 5.41) is 0. The summed E-state index contributed by atoms with van der Waals surface area (Å²) in [6, 6.07) is 28.4. The lowest BCUT2D eigenvalue weighted by atomic mass is 9.91. The van der Waals surface area contributed by atoms with Crippen molar-refractivity contribution in [1.82, 2.24) is 4.57 Å². The third-order valence-corrected chi connectivity index (χ3v) is 9.10. The predicted molar refractivity (Wildman–Crippen MR) is 185 cm³/mol. The molecule has 0 fully saturated rings. The van der Waals surface area contributed by atoms with Crippen molar-refractivity contribution in [2.24, 2.45) is 4.99 Å². The summed E-state index contributed by atoms with van der Waals surface area (Å²) < 4.78 is 33.2. The van der Waals surface area contributed by atoms with Gasteiger partial charge in [-0.2, -0.15) is 0 Å². The zero-order valence-corrected chi connectivity index (χ0v) is 27.9. The first kappa shape index (κ1) is 32.7. The number of carbonyl (C=O) groups excluding carboxylic acids is 1. The summed E-state index contributed by atoms with van der Waals surface area (Å²) >= 11 is 1.24. The van der Waals surface area contributed by atoms with Gasteiger partial charge in [0.2, 0.25) is 0 Å². The van der Waals surface area contributed by atoms with E-state index in [4.69, 9.17) is 19.2 Å². The number of fused-ring (bicyclic) bond motifs is 1. The summed E-state index contributed by atoms with van der Waals surface area (Å²) in [6.45, 7) is 6.20. The average Bonchev–Trinajstić information content (AvgIpc) is 3.41. The number of carbonyl (C=O) groups is 1. The SMILES string of the molecule is CCOC(=O)C1=C(c2ccccc2)N=c2s/c(=C\c3ccc(OCc4ccccc4F)c(OC)c3)c(=O)n2[C@@H]1c1ccc(C(C)C)cc1. The Balaban J connectivity index is 1.48. The molecule has 244 valence electrons. The minimum atomic E-state index is -0.762. The van der Waals surface area contributed by atoms with Crippen molar-refractivity contribution in [3.05, 3.63) is 156 Å². The van der Waals surface area contributed by atoms with Gasteiger partial charge in [0, 0.05) is 11.1 Å². The highest BCUT2D eigenvalue weighted by molar-refractivity contribution is 7.07. The molecule has 2 heterocycles. The Kier molecular flexibility index (Phi) is 9.68. The molecular weight excluding hydrogens is 628 g/mol. The molecule has 0 aliphatic carbocycles. The quantitative estimate of drug-likeness (QED) is 0.154. The number of ether oxygens (including phenoxy) is 3. The summed E-state index contributed by atoms with van der Waals surface area (Å²) in [7, 11) is 1.52. The van der Waals surface area contributed by atoms with Crippen LogP contribution in [0.25, 0.3) is 11.8 Å².